The summed E-state index contributed by atoms with van der Waals surface area (Å²) in [5.74, 6) is 0. The fraction of sp³-hybridized carbons (Fsp3) is 0.538. The summed E-state index contributed by atoms with van der Waals surface area (Å²) in [4.78, 5) is 0.126. The van der Waals surface area contributed by atoms with Gasteiger partial charge in [-0.2, -0.15) is 0 Å². The van der Waals surface area contributed by atoms with E-state index < -0.39 is 15.6 Å². The van der Waals surface area contributed by atoms with Crippen molar-refractivity contribution in [2.45, 2.75) is 44.6 Å². The van der Waals surface area contributed by atoms with E-state index in [1.54, 1.807) is 13.0 Å². The summed E-state index contributed by atoms with van der Waals surface area (Å²) >= 11 is 0. The van der Waals surface area contributed by atoms with Gasteiger partial charge in [-0.05, 0) is 50.5 Å². The van der Waals surface area contributed by atoms with E-state index >= 15 is 0 Å². The molecule has 1 atom stereocenters. The second kappa shape index (κ2) is 5.48. The van der Waals surface area contributed by atoms with Gasteiger partial charge in [0.2, 0.25) is 10.0 Å². The predicted octanol–water partition coefficient (Wildman–Crippen LogP) is 1.32. The lowest BCUT2D eigenvalue weighted by Gasteiger charge is -2.27. The Morgan fingerprint density at radius 1 is 1.37 bits per heavy atom. The van der Waals surface area contributed by atoms with Crippen LogP contribution in [0.15, 0.2) is 17.0 Å². The molecule has 1 unspecified atom stereocenters. The van der Waals surface area contributed by atoms with Crippen LogP contribution in [0.5, 0.6) is 0 Å². The highest BCUT2D eigenvalue weighted by atomic mass is 32.2. The molecule has 0 aliphatic rings. The third-order valence-electron chi connectivity index (χ3n) is 3.50. The second-order valence-corrected chi connectivity index (χ2v) is 6.81. The monoisotopic (exact) mass is 286 g/mol. The lowest BCUT2D eigenvalue weighted by molar-refractivity contribution is 0.191. The molecule has 0 aliphatic heterocycles. The van der Waals surface area contributed by atoms with Crippen molar-refractivity contribution in [3.05, 3.63) is 23.3 Å². The largest absolute Gasteiger partial charge is 0.398 e. The van der Waals surface area contributed by atoms with Crippen LogP contribution in [0.2, 0.25) is 0 Å². The number of aliphatic hydroxyl groups is 1. The molecule has 4 N–H and O–H groups in total. The Morgan fingerprint density at radius 3 is 2.37 bits per heavy atom. The van der Waals surface area contributed by atoms with Crippen LogP contribution in [0.4, 0.5) is 5.69 Å². The van der Waals surface area contributed by atoms with Crippen molar-refractivity contribution in [3.8, 4) is 0 Å². The Labute approximate surface area is 114 Å². The number of nitrogens with two attached hydrogens (primary N) is 1. The lowest BCUT2D eigenvalue weighted by atomic mass is 10.0. The predicted molar refractivity (Wildman–Crippen MR) is 76.4 cm³/mol. The molecule has 0 saturated heterocycles. The van der Waals surface area contributed by atoms with Crippen molar-refractivity contribution in [1.29, 1.82) is 0 Å². The Kier molecular flexibility index (Phi) is 4.60. The maximum absolute atomic E-state index is 12.3. The van der Waals surface area contributed by atoms with E-state index in [-0.39, 0.29) is 11.5 Å². The summed E-state index contributed by atoms with van der Waals surface area (Å²) in [6.45, 7) is 6.87. The number of hydrogen-bond acceptors (Lipinski definition) is 4. The molecule has 0 fully saturated rings. The van der Waals surface area contributed by atoms with E-state index in [1.165, 1.54) is 6.07 Å². The summed E-state index contributed by atoms with van der Waals surface area (Å²) in [5, 5.41) is 9.30. The minimum absolute atomic E-state index is 0.126. The Hall–Kier alpha value is -1.11. The molecule has 0 heterocycles. The molecule has 0 aromatic heterocycles. The zero-order valence-corrected chi connectivity index (χ0v) is 12.6. The Bertz CT molecular complexity index is 540. The maximum Gasteiger partial charge on any atom is 0.241 e. The zero-order valence-electron chi connectivity index (χ0n) is 11.8. The molecule has 1 aromatic carbocycles. The first-order valence-corrected chi connectivity index (χ1v) is 7.65. The number of aliphatic hydroxyl groups excluding tert-OH is 1. The highest BCUT2D eigenvalue weighted by Crippen LogP contribution is 2.23. The number of benzene rings is 1. The first kappa shape index (κ1) is 15.9. The van der Waals surface area contributed by atoms with Gasteiger partial charge in [-0.1, -0.05) is 6.92 Å². The number of nitrogen functional groups attached to an aromatic ring is 1. The summed E-state index contributed by atoms with van der Waals surface area (Å²) in [6.07, 6.45) is 0.489. The third-order valence-corrected chi connectivity index (χ3v) is 5.12. The quantitative estimate of drug-likeness (QED) is 0.712. The molecule has 0 radical (unpaired) electrons. The van der Waals surface area contributed by atoms with E-state index in [2.05, 4.69) is 4.72 Å². The van der Waals surface area contributed by atoms with Gasteiger partial charge in [-0.15, -0.1) is 0 Å². The van der Waals surface area contributed by atoms with Gasteiger partial charge in [0.05, 0.1) is 17.0 Å². The van der Waals surface area contributed by atoms with Crippen molar-refractivity contribution < 1.29 is 13.5 Å². The Morgan fingerprint density at radius 2 is 1.95 bits per heavy atom. The number of hydrogen-bond donors (Lipinski definition) is 3. The molecule has 19 heavy (non-hydrogen) atoms. The summed E-state index contributed by atoms with van der Waals surface area (Å²) < 4.78 is 27.1. The van der Waals surface area contributed by atoms with Crippen LogP contribution >= 0.6 is 0 Å². The van der Waals surface area contributed by atoms with Crippen LogP contribution in [0, 0.1) is 13.8 Å². The minimum Gasteiger partial charge on any atom is -0.398 e. The highest BCUT2D eigenvalue weighted by Gasteiger charge is 2.28. The van der Waals surface area contributed by atoms with Crippen LogP contribution < -0.4 is 10.5 Å². The average Bonchev–Trinajstić information content (AvgIpc) is 2.34. The van der Waals surface area contributed by atoms with Gasteiger partial charge in [0.25, 0.3) is 0 Å². The first-order chi connectivity index (χ1) is 8.65. The van der Waals surface area contributed by atoms with E-state index in [9.17, 15) is 13.5 Å². The zero-order chi connectivity index (χ0) is 14.8. The average molecular weight is 286 g/mol. The first-order valence-electron chi connectivity index (χ1n) is 6.17. The third kappa shape index (κ3) is 3.46. The molecule has 0 saturated carbocycles. The van der Waals surface area contributed by atoms with Gasteiger partial charge in [0.15, 0.2) is 0 Å². The standard InChI is InChI=1S/C13H22N2O3S/c1-5-13(4,8-16)15-19(17,18)11-6-9(2)10(3)12(14)7-11/h6-7,15-16H,5,8,14H2,1-4H3. The van der Waals surface area contributed by atoms with Crippen LogP contribution in [-0.4, -0.2) is 25.7 Å². The van der Waals surface area contributed by atoms with Gasteiger partial charge in [-0.25, -0.2) is 13.1 Å². The maximum atomic E-state index is 12.3. The SMILES string of the molecule is CCC(C)(CO)NS(=O)(=O)c1cc(C)c(C)c(N)c1. The summed E-state index contributed by atoms with van der Waals surface area (Å²) in [5.41, 5.74) is 7.08. The van der Waals surface area contributed by atoms with Crippen LogP contribution in [-0.2, 0) is 10.0 Å². The van der Waals surface area contributed by atoms with Crippen molar-refractivity contribution in [1.82, 2.24) is 4.72 Å². The van der Waals surface area contributed by atoms with Crippen LogP contribution in [0.25, 0.3) is 0 Å². The van der Waals surface area contributed by atoms with Crippen LogP contribution in [0.3, 0.4) is 0 Å². The number of nitrogens with one attached hydrogen (secondary N) is 1. The van der Waals surface area contributed by atoms with Gasteiger partial charge in [-0.3, -0.25) is 0 Å². The topological polar surface area (TPSA) is 92.4 Å². The highest BCUT2D eigenvalue weighted by molar-refractivity contribution is 7.89. The second-order valence-electron chi connectivity index (χ2n) is 5.13. The van der Waals surface area contributed by atoms with Crippen LogP contribution in [0.1, 0.15) is 31.4 Å². The van der Waals surface area contributed by atoms with Gasteiger partial charge in [0.1, 0.15) is 0 Å². The van der Waals surface area contributed by atoms with Gasteiger partial charge >= 0.3 is 0 Å². The fourth-order valence-corrected chi connectivity index (χ4v) is 3.20. The molecule has 0 spiro atoms. The summed E-state index contributed by atoms with van der Waals surface area (Å²) in [7, 11) is -3.69. The van der Waals surface area contributed by atoms with E-state index in [0.717, 1.165) is 11.1 Å². The van der Waals surface area contributed by atoms with Gasteiger partial charge in [0, 0.05) is 5.69 Å². The van der Waals surface area contributed by atoms with Crippen molar-refractivity contribution in [2.75, 3.05) is 12.3 Å². The van der Waals surface area contributed by atoms with E-state index in [1.807, 2.05) is 20.8 Å². The van der Waals surface area contributed by atoms with E-state index in [4.69, 9.17) is 5.73 Å². The molecule has 0 amide bonds. The Balaban J connectivity index is 3.22. The number of sulfonamides is 1. The van der Waals surface area contributed by atoms with Crippen molar-refractivity contribution >= 4 is 15.7 Å². The molecule has 108 valence electrons. The minimum atomic E-state index is -3.69. The van der Waals surface area contributed by atoms with Gasteiger partial charge < -0.3 is 10.8 Å². The molecule has 1 aromatic rings. The molecule has 1 rings (SSSR count). The molecule has 5 nitrogen and oxygen atoms in total. The molecular weight excluding hydrogens is 264 g/mol. The molecule has 0 bridgehead atoms. The van der Waals surface area contributed by atoms with Crippen molar-refractivity contribution in [2.24, 2.45) is 0 Å². The van der Waals surface area contributed by atoms with Crippen molar-refractivity contribution in [3.63, 3.8) is 0 Å². The normalized spacial score (nSPS) is 15.2. The fourth-order valence-electron chi connectivity index (χ4n) is 1.61. The van der Waals surface area contributed by atoms with E-state index in [0.29, 0.717) is 12.1 Å². The smallest absolute Gasteiger partial charge is 0.241 e. The summed E-state index contributed by atoms with van der Waals surface area (Å²) in [6, 6.07) is 3.03. The molecule has 6 heteroatoms. The number of rotatable bonds is 5. The number of aryl methyl sites for hydroxylation is 1. The lowest BCUT2D eigenvalue weighted by Crippen LogP contribution is -2.48. The molecular formula is C13H22N2O3S. The number of anilines is 1. The molecule has 0 aliphatic carbocycles.